The number of nitrogens with zero attached hydrogens (tertiary/aromatic N) is 2. The van der Waals surface area contributed by atoms with Gasteiger partial charge in [-0.25, -0.2) is 0 Å². The number of rotatable bonds is 8. The molecule has 2 aromatic carbocycles. The molecule has 2 atom stereocenters. The van der Waals surface area contributed by atoms with E-state index in [4.69, 9.17) is 0 Å². The van der Waals surface area contributed by atoms with Crippen LogP contribution in [-0.4, -0.2) is 68.9 Å². The van der Waals surface area contributed by atoms with E-state index in [1.165, 1.54) is 24.3 Å². The van der Waals surface area contributed by atoms with Crippen LogP contribution in [0.5, 0.6) is 0 Å². The highest BCUT2D eigenvalue weighted by molar-refractivity contribution is 6.33. The predicted molar refractivity (Wildman–Crippen MR) is 126 cm³/mol. The Hall–Kier alpha value is -3.10. The average Bonchev–Trinajstić information content (AvgIpc) is 2.79. The summed E-state index contributed by atoms with van der Waals surface area (Å²) in [5.74, 6) is -1.87. The molecular formula is C26H30N2O6. The minimum Gasteiger partial charge on any atom is -0.394 e. The molecule has 0 unspecified atom stereocenters. The molecule has 34 heavy (non-hydrogen) atoms. The summed E-state index contributed by atoms with van der Waals surface area (Å²) in [6.45, 7) is 7.08. The number of hydrogen-bond acceptors (Lipinski definition) is 6. The minimum atomic E-state index is -0.671. The van der Waals surface area contributed by atoms with E-state index in [1.807, 2.05) is 27.7 Å². The second kappa shape index (κ2) is 8.92. The molecule has 0 bridgehead atoms. The fourth-order valence-corrected chi connectivity index (χ4v) is 5.19. The summed E-state index contributed by atoms with van der Waals surface area (Å²) in [6, 6.07) is 4.71. The van der Waals surface area contributed by atoms with Crippen molar-refractivity contribution in [1.82, 2.24) is 9.80 Å². The van der Waals surface area contributed by atoms with Gasteiger partial charge in [-0.05, 0) is 48.9 Å². The lowest BCUT2D eigenvalue weighted by Crippen LogP contribution is -2.51. The lowest BCUT2D eigenvalue weighted by Gasteiger charge is -2.37. The normalized spacial score (nSPS) is 17.4. The first-order chi connectivity index (χ1) is 16.1. The molecule has 2 heterocycles. The zero-order valence-corrected chi connectivity index (χ0v) is 19.9. The summed E-state index contributed by atoms with van der Waals surface area (Å²) in [5, 5.41) is 20.4. The van der Waals surface area contributed by atoms with Crippen molar-refractivity contribution in [1.29, 1.82) is 0 Å². The highest BCUT2D eigenvalue weighted by Crippen LogP contribution is 2.39. The third kappa shape index (κ3) is 3.61. The summed E-state index contributed by atoms with van der Waals surface area (Å²) in [6.07, 6.45) is 0.903. The largest absolute Gasteiger partial charge is 0.394 e. The summed E-state index contributed by atoms with van der Waals surface area (Å²) < 4.78 is 0. The van der Waals surface area contributed by atoms with Gasteiger partial charge in [0.1, 0.15) is 0 Å². The van der Waals surface area contributed by atoms with Gasteiger partial charge in [0.25, 0.3) is 23.6 Å². The van der Waals surface area contributed by atoms with Crippen molar-refractivity contribution in [3.8, 4) is 0 Å². The molecule has 2 aromatic rings. The lowest BCUT2D eigenvalue weighted by molar-refractivity contribution is 0.0425. The zero-order valence-electron chi connectivity index (χ0n) is 19.9. The molecule has 0 aliphatic carbocycles. The summed E-state index contributed by atoms with van der Waals surface area (Å²) in [5.41, 5.74) is 0.916. The van der Waals surface area contributed by atoms with Crippen LogP contribution in [0.25, 0.3) is 10.8 Å². The third-order valence-electron chi connectivity index (χ3n) is 6.60. The number of hydrogen-bond donors (Lipinski definition) is 2. The van der Waals surface area contributed by atoms with E-state index in [9.17, 15) is 29.4 Å². The Kier molecular flexibility index (Phi) is 6.31. The first kappa shape index (κ1) is 24.0. The van der Waals surface area contributed by atoms with Crippen LogP contribution in [0.1, 0.15) is 82.0 Å². The van der Waals surface area contributed by atoms with E-state index in [2.05, 4.69) is 0 Å². The molecule has 0 spiro atoms. The van der Waals surface area contributed by atoms with Gasteiger partial charge in [0, 0.05) is 33.0 Å². The third-order valence-corrected chi connectivity index (χ3v) is 6.60. The second-order valence-electron chi connectivity index (χ2n) is 9.96. The van der Waals surface area contributed by atoms with Gasteiger partial charge in [-0.1, -0.05) is 27.7 Å². The first-order valence-electron chi connectivity index (χ1n) is 11.7. The molecule has 4 amide bonds. The van der Waals surface area contributed by atoms with Crippen LogP contribution in [0.3, 0.4) is 0 Å². The average molecular weight is 467 g/mol. The van der Waals surface area contributed by atoms with Crippen molar-refractivity contribution in [2.45, 2.75) is 52.6 Å². The first-order valence-corrected chi connectivity index (χ1v) is 11.7. The van der Waals surface area contributed by atoms with Crippen LogP contribution in [0, 0.1) is 11.8 Å². The van der Waals surface area contributed by atoms with Gasteiger partial charge in [0.15, 0.2) is 0 Å². The van der Waals surface area contributed by atoms with Crippen molar-refractivity contribution >= 4 is 34.4 Å². The number of aliphatic hydroxyl groups is 2. The maximum absolute atomic E-state index is 13.4. The van der Waals surface area contributed by atoms with Gasteiger partial charge < -0.3 is 10.2 Å². The molecule has 0 saturated heterocycles. The molecular weight excluding hydrogens is 436 g/mol. The second-order valence-corrected chi connectivity index (χ2v) is 9.96. The lowest BCUT2D eigenvalue weighted by atomic mass is 9.84. The van der Waals surface area contributed by atoms with Gasteiger partial charge in [0.05, 0.1) is 25.3 Å². The monoisotopic (exact) mass is 466 g/mol. The molecule has 0 radical (unpaired) electrons. The fraction of sp³-hybridized carbons (Fsp3) is 0.462. The molecule has 0 saturated carbocycles. The van der Waals surface area contributed by atoms with Gasteiger partial charge in [-0.2, -0.15) is 0 Å². The summed E-state index contributed by atoms with van der Waals surface area (Å²) >= 11 is 0. The van der Waals surface area contributed by atoms with Crippen molar-refractivity contribution < 1.29 is 29.4 Å². The molecule has 4 rings (SSSR count). The van der Waals surface area contributed by atoms with Crippen LogP contribution < -0.4 is 0 Å². The number of aliphatic hydroxyl groups excluding tert-OH is 2. The minimum absolute atomic E-state index is 0.154. The summed E-state index contributed by atoms with van der Waals surface area (Å²) in [4.78, 5) is 55.8. The van der Waals surface area contributed by atoms with E-state index < -0.39 is 35.7 Å². The molecule has 0 fully saturated rings. The zero-order chi connectivity index (χ0) is 24.9. The van der Waals surface area contributed by atoms with Crippen LogP contribution in [0.2, 0.25) is 0 Å². The quantitative estimate of drug-likeness (QED) is 0.578. The van der Waals surface area contributed by atoms with Crippen molar-refractivity contribution in [2.24, 2.45) is 11.8 Å². The Labute approximate surface area is 198 Å². The fourth-order valence-electron chi connectivity index (χ4n) is 5.19. The molecule has 8 heteroatoms. The van der Waals surface area contributed by atoms with Crippen molar-refractivity contribution in [2.75, 3.05) is 13.2 Å². The Morgan fingerprint density at radius 2 is 0.853 bits per heavy atom. The Bertz CT molecular complexity index is 1040. The maximum atomic E-state index is 13.4. The molecule has 180 valence electrons. The van der Waals surface area contributed by atoms with E-state index in [0.29, 0.717) is 23.6 Å². The highest BCUT2D eigenvalue weighted by atomic mass is 16.3. The Balaban J connectivity index is 1.87. The van der Waals surface area contributed by atoms with Crippen molar-refractivity contribution in [3.05, 3.63) is 46.5 Å². The highest BCUT2D eigenvalue weighted by Gasteiger charge is 2.43. The standard InChI is InChI=1S/C26H30N2O6/c1-13(2)9-15(11-29)27-23(31)17-5-7-19-22-20(8-6-18(21(17)22)24(27)32)26(34)28(25(19)33)16(12-30)10-14(3)4/h5-8,13-16,29-30H,9-12H2,1-4H3/t15-,16-/m0/s1. The van der Waals surface area contributed by atoms with Gasteiger partial charge in [0.2, 0.25) is 0 Å². The van der Waals surface area contributed by atoms with E-state index in [0.717, 1.165) is 9.80 Å². The Morgan fingerprint density at radius 3 is 1.06 bits per heavy atom. The van der Waals surface area contributed by atoms with Crippen LogP contribution in [0.15, 0.2) is 24.3 Å². The maximum Gasteiger partial charge on any atom is 0.261 e. The Morgan fingerprint density at radius 1 is 0.588 bits per heavy atom. The molecule has 2 N–H and O–H groups in total. The van der Waals surface area contributed by atoms with E-state index in [1.54, 1.807) is 0 Å². The predicted octanol–water partition coefficient (Wildman–Crippen LogP) is 2.85. The van der Waals surface area contributed by atoms with Gasteiger partial charge in [-0.3, -0.25) is 29.0 Å². The molecule has 0 aromatic heterocycles. The topological polar surface area (TPSA) is 115 Å². The number of benzene rings is 2. The number of imide groups is 2. The van der Waals surface area contributed by atoms with Crippen LogP contribution in [-0.2, 0) is 0 Å². The van der Waals surface area contributed by atoms with E-state index in [-0.39, 0.29) is 47.3 Å². The molecule has 2 aliphatic heterocycles. The van der Waals surface area contributed by atoms with Gasteiger partial charge in [-0.15, -0.1) is 0 Å². The van der Waals surface area contributed by atoms with E-state index >= 15 is 0 Å². The van der Waals surface area contributed by atoms with Crippen LogP contribution >= 0.6 is 0 Å². The molecule has 2 aliphatic rings. The SMILES string of the molecule is CC(C)C[C@@H](CO)N1C(=O)c2ccc3c4c(ccc(c24)C1=O)C(=O)N([C@H](CO)CC(C)C)C3=O. The number of carbonyl (C=O) groups excluding carboxylic acids is 4. The van der Waals surface area contributed by atoms with Crippen molar-refractivity contribution in [3.63, 3.8) is 0 Å². The summed E-state index contributed by atoms with van der Waals surface area (Å²) in [7, 11) is 0. The molecule has 8 nitrogen and oxygen atoms in total. The smallest absolute Gasteiger partial charge is 0.261 e. The number of carbonyl (C=O) groups is 4. The van der Waals surface area contributed by atoms with Crippen LogP contribution in [0.4, 0.5) is 0 Å². The van der Waals surface area contributed by atoms with Gasteiger partial charge >= 0.3 is 0 Å². The number of amides is 4.